The third-order valence-corrected chi connectivity index (χ3v) is 9.46. The van der Waals surface area contributed by atoms with Crippen molar-refractivity contribution in [2.75, 3.05) is 4.90 Å². The number of furan rings is 1. The van der Waals surface area contributed by atoms with E-state index >= 15 is 0 Å². The summed E-state index contributed by atoms with van der Waals surface area (Å²) >= 11 is 0. The molecule has 0 N–H and O–H groups in total. The fourth-order valence-electron chi connectivity index (χ4n) is 6.95. The quantitative estimate of drug-likeness (QED) is 0.173. The first-order valence-corrected chi connectivity index (χ1v) is 17.0. The molecule has 0 bridgehead atoms. The van der Waals surface area contributed by atoms with Gasteiger partial charge in [-0.05, 0) is 99.1 Å². The maximum Gasteiger partial charge on any atom is 0.137 e. The molecule has 1 aromatic heterocycles. The number of rotatable bonds is 7. The van der Waals surface area contributed by atoms with E-state index in [1.54, 1.807) is 0 Å². The Labute approximate surface area is 292 Å². The molecule has 50 heavy (non-hydrogen) atoms. The Morgan fingerprint density at radius 1 is 0.260 bits per heavy atom. The van der Waals surface area contributed by atoms with Gasteiger partial charge < -0.3 is 9.32 Å². The topological polar surface area (TPSA) is 16.4 Å². The van der Waals surface area contributed by atoms with E-state index in [2.05, 4.69) is 193 Å². The highest BCUT2D eigenvalue weighted by molar-refractivity contribution is 6.06. The third-order valence-electron chi connectivity index (χ3n) is 9.46. The van der Waals surface area contributed by atoms with E-state index in [4.69, 9.17) is 4.42 Å². The Hall–Kier alpha value is -6.64. The largest absolute Gasteiger partial charge is 0.456 e. The zero-order valence-electron chi connectivity index (χ0n) is 27.4. The highest BCUT2D eigenvalue weighted by Crippen LogP contribution is 2.40. The van der Waals surface area contributed by atoms with Crippen molar-refractivity contribution in [3.05, 3.63) is 200 Å². The third kappa shape index (κ3) is 5.63. The van der Waals surface area contributed by atoms with Gasteiger partial charge in [0.1, 0.15) is 11.2 Å². The molecule has 0 aliphatic carbocycles. The lowest BCUT2D eigenvalue weighted by molar-refractivity contribution is 0.669. The van der Waals surface area contributed by atoms with Gasteiger partial charge in [-0.25, -0.2) is 0 Å². The summed E-state index contributed by atoms with van der Waals surface area (Å²) in [6.07, 6.45) is 0. The molecule has 1 heterocycles. The van der Waals surface area contributed by atoms with E-state index in [1.165, 1.54) is 38.9 Å². The number of nitrogens with zero attached hydrogens (tertiary/aromatic N) is 1. The van der Waals surface area contributed by atoms with Crippen molar-refractivity contribution in [2.24, 2.45) is 0 Å². The van der Waals surface area contributed by atoms with Crippen molar-refractivity contribution in [1.82, 2.24) is 0 Å². The predicted molar refractivity (Wildman–Crippen MR) is 210 cm³/mol. The van der Waals surface area contributed by atoms with Crippen LogP contribution in [0.5, 0.6) is 0 Å². The second kappa shape index (κ2) is 12.8. The summed E-state index contributed by atoms with van der Waals surface area (Å²) in [5.74, 6) is 0. The molecule has 0 saturated carbocycles. The minimum Gasteiger partial charge on any atom is -0.456 e. The maximum absolute atomic E-state index is 6.36. The zero-order chi connectivity index (χ0) is 33.3. The Balaban J connectivity index is 1.14. The van der Waals surface area contributed by atoms with Crippen LogP contribution in [0.25, 0.3) is 66.4 Å². The van der Waals surface area contributed by atoms with Crippen LogP contribution in [0.2, 0.25) is 0 Å². The molecule has 0 aliphatic rings. The second-order valence-electron chi connectivity index (χ2n) is 12.6. The van der Waals surface area contributed by atoms with Crippen molar-refractivity contribution in [2.45, 2.75) is 0 Å². The molecule has 2 nitrogen and oxygen atoms in total. The summed E-state index contributed by atoms with van der Waals surface area (Å²) in [4.78, 5) is 2.32. The first kappa shape index (κ1) is 29.5. The van der Waals surface area contributed by atoms with Gasteiger partial charge in [-0.2, -0.15) is 0 Å². The fraction of sp³-hybridized carbons (Fsp3) is 0. The molecule has 0 amide bonds. The van der Waals surface area contributed by atoms with Crippen LogP contribution in [0.4, 0.5) is 17.1 Å². The highest BCUT2D eigenvalue weighted by Gasteiger charge is 2.17. The van der Waals surface area contributed by atoms with Crippen molar-refractivity contribution >= 4 is 39.0 Å². The zero-order valence-corrected chi connectivity index (χ0v) is 27.4. The van der Waals surface area contributed by atoms with Gasteiger partial charge in [0.05, 0.1) is 0 Å². The molecule has 236 valence electrons. The number of hydrogen-bond donors (Lipinski definition) is 0. The monoisotopic (exact) mass is 639 g/mol. The molecular weight excluding hydrogens is 607 g/mol. The lowest BCUT2D eigenvalue weighted by Crippen LogP contribution is -2.10. The highest BCUT2D eigenvalue weighted by atomic mass is 16.3. The SMILES string of the molecule is c1ccc(-c2cccc(-c3ccc(N(c4cccc(-c5cccc(-c6ccccc6)c5)c4)c4ccc5c(c4)oc4ccccc45)cc3)c2)cc1. The molecule has 0 aliphatic heterocycles. The first-order chi connectivity index (χ1) is 24.8. The number of hydrogen-bond acceptors (Lipinski definition) is 2. The van der Waals surface area contributed by atoms with Crippen LogP contribution in [-0.2, 0) is 0 Å². The van der Waals surface area contributed by atoms with Crippen molar-refractivity contribution < 1.29 is 4.42 Å². The van der Waals surface area contributed by atoms with Crippen LogP contribution < -0.4 is 4.90 Å². The van der Waals surface area contributed by atoms with Gasteiger partial charge in [0.15, 0.2) is 0 Å². The molecule has 8 aromatic carbocycles. The number of anilines is 3. The molecular formula is C48H33NO. The van der Waals surface area contributed by atoms with Crippen molar-refractivity contribution in [1.29, 1.82) is 0 Å². The molecule has 0 unspecified atom stereocenters. The molecule has 9 rings (SSSR count). The summed E-state index contributed by atoms with van der Waals surface area (Å²) in [6, 6.07) is 71.1. The predicted octanol–water partition coefficient (Wildman–Crippen LogP) is 13.7. The number of benzene rings is 8. The van der Waals surface area contributed by atoms with Crippen LogP contribution in [0.1, 0.15) is 0 Å². The van der Waals surface area contributed by atoms with Gasteiger partial charge in [-0.1, -0.05) is 140 Å². The molecule has 2 heteroatoms. The minimum absolute atomic E-state index is 0.870. The second-order valence-corrected chi connectivity index (χ2v) is 12.6. The Kier molecular flexibility index (Phi) is 7.53. The Morgan fingerprint density at radius 3 is 1.34 bits per heavy atom. The average molecular weight is 640 g/mol. The molecule has 0 fully saturated rings. The van der Waals surface area contributed by atoms with Gasteiger partial charge in [0.25, 0.3) is 0 Å². The van der Waals surface area contributed by atoms with Gasteiger partial charge in [0, 0.05) is 33.9 Å². The summed E-state index contributed by atoms with van der Waals surface area (Å²) in [5.41, 5.74) is 14.5. The normalized spacial score (nSPS) is 11.2. The van der Waals surface area contributed by atoms with E-state index in [9.17, 15) is 0 Å². The summed E-state index contributed by atoms with van der Waals surface area (Å²) < 4.78 is 6.36. The molecule has 0 atom stereocenters. The van der Waals surface area contributed by atoms with E-state index in [-0.39, 0.29) is 0 Å². The minimum atomic E-state index is 0.870. The number of para-hydroxylation sites is 1. The van der Waals surface area contributed by atoms with Gasteiger partial charge in [0.2, 0.25) is 0 Å². The molecule has 0 spiro atoms. The lowest BCUT2D eigenvalue weighted by atomic mass is 9.98. The first-order valence-electron chi connectivity index (χ1n) is 17.0. The van der Waals surface area contributed by atoms with Crippen LogP contribution in [0.3, 0.4) is 0 Å². The number of fused-ring (bicyclic) bond motifs is 3. The summed E-state index contributed by atoms with van der Waals surface area (Å²) in [7, 11) is 0. The van der Waals surface area contributed by atoms with E-state index in [1.807, 2.05) is 12.1 Å². The van der Waals surface area contributed by atoms with Crippen LogP contribution in [0.15, 0.2) is 205 Å². The van der Waals surface area contributed by atoms with Crippen LogP contribution in [-0.4, -0.2) is 0 Å². The average Bonchev–Trinajstić information content (AvgIpc) is 3.57. The standard InChI is InChI=1S/C48H33NO/c1-3-12-34(13-4-1)37-16-9-18-39(30-37)36-24-26-42(27-25-36)49(44-28-29-46-45-22-7-8-23-47(45)50-48(46)33-44)43-21-11-20-41(32-43)40-19-10-17-38(31-40)35-14-5-2-6-15-35/h1-33H. The van der Waals surface area contributed by atoms with Gasteiger partial charge >= 0.3 is 0 Å². The van der Waals surface area contributed by atoms with Gasteiger partial charge in [-0.3, -0.25) is 0 Å². The summed E-state index contributed by atoms with van der Waals surface area (Å²) in [5, 5.41) is 2.24. The van der Waals surface area contributed by atoms with Gasteiger partial charge in [-0.15, -0.1) is 0 Å². The van der Waals surface area contributed by atoms with Crippen LogP contribution >= 0.6 is 0 Å². The van der Waals surface area contributed by atoms with Crippen molar-refractivity contribution in [3.8, 4) is 44.5 Å². The molecule has 0 radical (unpaired) electrons. The molecule has 0 saturated heterocycles. The maximum atomic E-state index is 6.36. The Bertz CT molecular complexity index is 2580. The lowest BCUT2D eigenvalue weighted by Gasteiger charge is -2.26. The van der Waals surface area contributed by atoms with Crippen molar-refractivity contribution in [3.63, 3.8) is 0 Å². The summed E-state index contributed by atoms with van der Waals surface area (Å²) in [6.45, 7) is 0. The molecule has 9 aromatic rings. The Morgan fingerprint density at radius 2 is 0.700 bits per heavy atom. The smallest absolute Gasteiger partial charge is 0.137 e. The van der Waals surface area contributed by atoms with E-state index < -0.39 is 0 Å². The van der Waals surface area contributed by atoms with E-state index in [0.29, 0.717) is 0 Å². The fourth-order valence-corrected chi connectivity index (χ4v) is 6.95. The van der Waals surface area contributed by atoms with Crippen LogP contribution in [0, 0.1) is 0 Å². The van der Waals surface area contributed by atoms with E-state index in [0.717, 1.165) is 44.6 Å².